The van der Waals surface area contributed by atoms with E-state index >= 15 is 0 Å². The molecule has 6 nitrogen and oxygen atoms in total. The van der Waals surface area contributed by atoms with Crippen molar-refractivity contribution in [1.82, 2.24) is 19.6 Å². The fraction of sp³-hybridized carbons (Fsp3) is 0.769. The van der Waals surface area contributed by atoms with E-state index in [0.29, 0.717) is 18.3 Å². The highest BCUT2D eigenvalue weighted by molar-refractivity contribution is 7.89. The van der Waals surface area contributed by atoms with Crippen molar-refractivity contribution in [2.24, 2.45) is 5.92 Å². The minimum absolute atomic E-state index is 0.193. The molecule has 2 aliphatic rings. The van der Waals surface area contributed by atoms with Crippen LogP contribution in [0, 0.1) is 12.8 Å². The lowest BCUT2D eigenvalue weighted by Gasteiger charge is -2.29. The second kappa shape index (κ2) is 5.46. The third-order valence-corrected chi connectivity index (χ3v) is 5.95. The Bertz CT molecular complexity index is 559. The molecule has 2 heterocycles. The van der Waals surface area contributed by atoms with Crippen LogP contribution < -0.4 is 5.32 Å². The van der Waals surface area contributed by atoms with Gasteiger partial charge < -0.3 is 10.3 Å². The number of imidazole rings is 1. The molecule has 0 amide bonds. The summed E-state index contributed by atoms with van der Waals surface area (Å²) in [5, 5.41) is 3.55. The van der Waals surface area contributed by atoms with Crippen molar-refractivity contribution >= 4 is 10.0 Å². The molecule has 7 heteroatoms. The van der Waals surface area contributed by atoms with Gasteiger partial charge in [-0.2, -0.15) is 4.31 Å². The van der Waals surface area contributed by atoms with E-state index < -0.39 is 10.0 Å². The van der Waals surface area contributed by atoms with Crippen LogP contribution in [0.4, 0.5) is 0 Å². The van der Waals surface area contributed by atoms with Crippen LogP contribution >= 0.6 is 0 Å². The largest absolute Gasteiger partial charge is 0.332 e. The molecule has 3 rings (SSSR count). The molecule has 1 aliphatic heterocycles. The third-order valence-electron chi connectivity index (χ3n) is 4.12. The predicted molar refractivity (Wildman–Crippen MR) is 75.8 cm³/mol. The quantitative estimate of drug-likeness (QED) is 0.845. The van der Waals surface area contributed by atoms with Gasteiger partial charge in [0.1, 0.15) is 5.82 Å². The van der Waals surface area contributed by atoms with Gasteiger partial charge >= 0.3 is 0 Å². The first kappa shape index (κ1) is 14.0. The van der Waals surface area contributed by atoms with Crippen LogP contribution in [0.25, 0.3) is 0 Å². The van der Waals surface area contributed by atoms with Gasteiger partial charge in [0.05, 0.1) is 6.20 Å². The highest BCUT2D eigenvalue weighted by Gasteiger charge is 2.40. The van der Waals surface area contributed by atoms with Gasteiger partial charge in [-0.25, -0.2) is 13.4 Å². The van der Waals surface area contributed by atoms with Crippen LogP contribution in [0.2, 0.25) is 0 Å². The number of hydrogen-bond donors (Lipinski definition) is 2. The van der Waals surface area contributed by atoms with Gasteiger partial charge in [-0.15, -0.1) is 0 Å². The molecule has 0 aromatic carbocycles. The number of rotatable bonds is 5. The molecule has 20 heavy (non-hydrogen) atoms. The molecule has 0 spiro atoms. The number of aromatic amines is 1. The fourth-order valence-electron chi connectivity index (χ4n) is 2.78. The average molecular weight is 298 g/mol. The van der Waals surface area contributed by atoms with E-state index in [2.05, 4.69) is 15.3 Å². The Balaban J connectivity index is 1.79. The molecule has 2 N–H and O–H groups in total. The maximum Gasteiger partial charge on any atom is 0.260 e. The number of hydrogen-bond acceptors (Lipinski definition) is 4. The standard InChI is InChI=1S/C13H22N4O2S/c1-10-15-8-13(16-10)20(18,19)17(12-2-3-12)9-11-4-6-14-7-5-11/h8,11-12,14H,2-7,9H2,1H3,(H,15,16). The lowest BCUT2D eigenvalue weighted by molar-refractivity contribution is 0.283. The molecule has 1 aliphatic carbocycles. The lowest BCUT2D eigenvalue weighted by atomic mass is 9.98. The Morgan fingerprint density at radius 2 is 2.00 bits per heavy atom. The molecule has 1 aromatic heterocycles. The zero-order chi connectivity index (χ0) is 14.2. The maximum absolute atomic E-state index is 12.7. The van der Waals surface area contributed by atoms with Crippen molar-refractivity contribution in [2.75, 3.05) is 19.6 Å². The summed E-state index contributed by atoms with van der Waals surface area (Å²) in [4.78, 5) is 6.88. The van der Waals surface area contributed by atoms with E-state index in [-0.39, 0.29) is 11.1 Å². The van der Waals surface area contributed by atoms with Gasteiger partial charge in [-0.3, -0.25) is 0 Å². The summed E-state index contributed by atoms with van der Waals surface area (Å²) in [7, 11) is -3.42. The van der Waals surface area contributed by atoms with Crippen molar-refractivity contribution < 1.29 is 8.42 Å². The van der Waals surface area contributed by atoms with E-state index in [1.807, 2.05) is 0 Å². The Kier molecular flexibility index (Phi) is 3.83. The molecule has 1 saturated heterocycles. The first-order chi connectivity index (χ1) is 9.57. The normalized spacial score (nSPS) is 21.5. The zero-order valence-electron chi connectivity index (χ0n) is 11.8. The summed E-state index contributed by atoms with van der Waals surface area (Å²) in [5.74, 6) is 1.11. The number of aromatic nitrogens is 2. The Hall–Kier alpha value is -0.920. The van der Waals surface area contributed by atoms with Crippen molar-refractivity contribution in [3.8, 4) is 0 Å². The van der Waals surface area contributed by atoms with Gasteiger partial charge in [0.25, 0.3) is 10.0 Å². The van der Waals surface area contributed by atoms with Crippen LogP contribution in [0.1, 0.15) is 31.5 Å². The molecule has 2 fully saturated rings. The summed E-state index contributed by atoms with van der Waals surface area (Å²) >= 11 is 0. The maximum atomic E-state index is 12.7. The zero-order valence-corrected chi connectivity index (χ0v) is 12.6. The van der Waals surface area contributed by atoms with E-state index in [1.165, 1.54) is 6.20 Å². The summed E-state index contributed by atoms with van der Waals surface area (Å²) in [6.45, 7) is 4.40. The Morgan fingerprint density at radius 3 is 2.55 bits per heavy atom. The van der Waals surface area contributed by atoms with E-state index in [4.69, 9.17) is 0 Å². The van der Waals surface area contributed by atoms with Crippen LogP contribution in [0.15, 0.2) is 11.2 Å². The van der Waals surface area contributed by atoms with Crippen LogP contribution in [-0.4, -0.2) is 48.4 Å². The molecule has 0 bridgehead atoms. The molecule has 0 radical (unpaired) electrons. The highest BCUT2D eigenvalue weighted by atomic mass is 32.2. The molecule has 0 atom stereocenters. The number of aryl methyl sites for hydroxylation is 1. The first-order valence-corrected chi connectivity index (χ1v) is 8.75. The summed E-state index contributed by atoms with van der Waals surface area (Å²) in [6, 6.07) is 0.193. The molecule has 112 valence electrons. The highest BCUT2D eigenvalue weighted by Crippen LogP contribution is 2.33. The summed E-state index contributed by atoms with van der Waals surface area (Å²) in [5.41, 5.74) is 0. The molecule has 1 aromatic rings. The number of sulfonamides is 1. The fourth-order valence-corrected chi connectivity index (χ4v) is 4.51. The van der Waals surface area contributed by atoms with Crippen molar-refractivity contribution in [3.63, 3.8) is 0 Å². The summed E-state index contributed by atoms with van der Waals surface area (Å²) in [6.07, 6.45) is 5.51. The third kappa shape index (κ3) is 2.89. The van der Waals surface area contributed by atoms with Crippen molar-refractivity contribution in [2.45, 2.75) is 43.7 Å². The minimum Gasteiger partial charge on any atom is -0.332 e. The minimum atomic E-state index is -3.42. The van der Waals surface area contributed by atoms with E-state index in [0.717, 1.165) is 38.8 Å². The van der Waals surface area contributed by atoms with Gasteiger partial charge in [0.15, 0.2) is 5.03 Å². The predicted octanol–water partition coefficient (Wildman–Crippen LogP) is 0.871. The van der Waals surface area contributed by atoms with Crippen molar-refractivity contribution in [3.05, 3.63) is 12.0 Å². The number of nitrogens with zero attached hydrogens (tertiary/aromatic N) is 2. The first-order valence-electron chi connectivity index (χ1n) is 7.31. The number of piperidine rings is 1. The van der Waals surface area contributed by atoms with Gasteiger partial charge in [0, 0.05) is 12.6 Å². The number of nitrogens with one attached hydrogen (secondary N) is 2. The molecule has 1 saturated carbocycles. The van der Waals surface area contributed by atoms with Crippen LogP contribution in [-0.2, 0) is 10.0 Å². The van der Waals surface area contributed by atoms with Gasteiger partial charge in [-0.1, -0.05) is 0 Å². The second-order valence-electron chi connectivity index (χ2n) is 5.83. The summed E-state index contributed by atoms with van der Waals surface area (Å²) < 4.78 is 27.2. The van der Waals surface area contributed by atoms with E-state index in [1.54, 1.807) is 11.2 Å². The average Bonchev–Trinajstić information content (AvgIpc) is 3.17. The second-order valence-corrected chi connectivity index (χ2v) is 7.69. The molecular weight excluding hydrogens is 276 g/mol. The van der Waals surface area contributed by atoms with Gasteiger partial charge in [0.2, 0.25) is 0 Å². The Labute approximate surface area is 120 Å². The lowest BCUT2D eigenvalue weighted by Crippen LogP contribution is -2.40. The van der Waals surface area contributed by atoms with E-state index in [9.17, 15) is 8.42 Å². The van der Waals surface area contributed by atoms with Crippen molar-refractivity contribution in [1.29, 1.82) is 0 Å². The number of H-pyrrole nitrogens is 1. The van der Waals surface area contributed by atoms with Crippen LogP contribution in [0.5, 0.6) is 0 Å². The topological polar surface area (TPSA) is 78.1 Å². The Morgan fingerprint density at radius 1 is 1.30 bits per heavy atom. The molecular formula is C13H22N4O2S. The monoisotopic (exact) mass is 298 g/mol. The van der Waals surface area contributed by atoms with Gasteiger partial charge in [-0.05, 0) is 51.6 Å². The molecule has 0 unspecified atom stereocenters. The SMILES string of the molecule is Cc1ncc(S(=O)(=O)N(CC2CCNCC2)C2CC2)[nH]1. The van der Waals surface area contributed by atoms with Crippen LogP contribution in [0.3, 0.4) is 0 Å². The smallest absolute Gasteiger partial charge is 0.260 e.